The minimum Gasteiger partial charge on any atom is -0.461 e. The SMILES string of the molecule is CCOC(=O)c1cc(C(C)=O)cn1S(=O)(=O)c1cc(Cl)ccc1[N+](=O)[O-]. The van der Waals surface area contributed by atoms with Crippen LogP contribution in [0.15, 0.2) is 35.4 Å². The molecule has 0 bridgehead atoms. The van der Waals surface area contributed by atoms with Crippen LogP contribution in [0, 0.1) is 10.1 Å². The van der Waals surface area contributed by atoms with Gasteiger partial charge in [-0.05, 0) is 32.0 Å². The third-order valence-corrected chi connectivity index (χ3v) is 5.27. The maximum atomic E-state index is 13.0. The third-order valence-electron chi connectivity index (χ3n) is 3.33. The number of esters is 1. The molecule has 0 spiro atoms. The van der Waals surface area contributed by atoms with Crippen molar-refractivity contribution in [2.45, 2.75) is 18.7 Å². The van der Waals surface area contributed by atoms with Gasteiger partial charge in [-0.15, -0.1) is 0 Å². The molecule has 0 aliphatic carbocycles. The summed E-state index contributed by atoms with van der Waals surface area (Å²) in [6.07, 6.45) is 0.911. The van der Waals surface area contributed by atoms with Crippen molar-refractivity contribution in [2.75, 3.05) is 6.61 Å². The van der Waals surface area contributed by atoms with Gasteiger partial charge < -0.3 is 4.74 Å². The van der Waals surface area contributed by atoms with Gasteiger partial charge >= 0.3 is 5.97 Å². The quantitative estimate of drug-likeness (QED) is 0.315. The van der Waals surface area contributed by atoms with Crippen molar-refractivity contribution in [1.29, 1.82) is 0 Å². The van der Waals surface area contributed by atoms with Gasteiger partial charge in [0, 0.05) is 22.8 Å². The van der Waals surface area contributed by atoms with Crippen molar-refractivity contribution < 1.29 is 27.7 Å². The molecule has 0 saturated heterocycles. The fraction of sp³-hybridized carbons (Fsp3) is 0.200. The van der Waals surface area contributed by atoms with E-state index in [2.05, 4.69) is 0 Å². The van der Waals surface area contributed by atoms with Crippen LogP contribution in [-0.4, -0.2) is 35.7 Å². The molecule has 0 aliphatic heterocycles. The van der Waals surface area contributed by atoms with E-state index in [1.165, 1.54) is 19.9 Å². The van der Waals surface area contributed by atoms with E-state index in [0.717, 1.165) is 24.4 Å². The molecule has 0 saturated carbocycles. The highest BCUT2D eigenvalue weighted by atomic mass is 35.5. The molecule has 0 amide bonds. The summed E-state index contributed by atoms with van der Waals surface area (Å²) in [6.45, 7) is 2.67. The van der Waals surface area contributed by atoms with Crippen LogP contribution >= 0.6 is 11.6 Å². The molecule has 2 aromatic rings. The molecule has 1 heterocycles. The fourth-order valence-corrected chi connectivity index (χ4v) is 3.91. The molecule has 0 atom stereocenters. The number of rotatable bonds is 6. The topological polar surface area (TPSA) is 126 Å². The third kappa shape index (κ3) is 3.60. The predicted octanol–water partition coefficient (Wildman–Crippen LogP) is 2.67. The highest BCUT2D eigenvalue weighted by Crippen LogP contribution is 2.30. The average Bonchev–Trinajstić information content (AvgIpc) is 3.01. The fourth-order valence-electron chi connectivity index (χ4n) is 2.14. The largest absolute Gasteiger partial charge is 0.461 e. The summed E-state index contributed by atoms with van der Waals surface area (Å²) in [6, 6.07) is 4.06. The smallest absolute Gasteiger partial charge is 0.356 e. The average molecular weight is 401 g/mol. The van der Waals surface area contributed by atoms with Gasteiger partial charge in [0.2, 0.25) is 0 Å². The van der Waals surface area contributed by atoms with Gasteiger partial charge in [-0.1, -0.05) is 11.6 Å². The first-order valence-corrected chi connectivity index (χ1v) is 9.01. The molecule has 0 N–H and O–H groups in total. The second-order valence-electron chi connectivity index (χ2n) is 5.06. The van der Waals surface area contributed by atoms with E-state index in [4.69, 9.17) is 16.3 Å². The van der Waals surface area contributed by atoms with E-state index in [1.807, 2.05) is 0 Å². The summed E-state index contributed by atoms with van der Waals surface area (Å²) in [5.74, 6) is -1.49. The van der Waals surface area contributed by atoms with Crippen LogP contribution in [0.3, 0.4) is 0 Å². The first-order valence-electron chi connectivity index (χ1n) is 7.19. The summed E-state index contributed by atoms with van der Waals surface area (Å²) in [7, 11) is -4.61. The Morgan fingerprint density at radius 1 is 1.31 bits per heavy atom. The molecule has 9 nitrogen and oxygen atoms in total. The number of ether oxygens (including phenoxy) is 1. The number of halogens is 1. The molecule has 0 fully saturated rings. The Morgan fingerprint density at radius 2 is 1.96 bits per heavy atom. The zero-order valence-corrected chi connectivity index (χ0v) is 15.2. The minimum atomic E-state index is -4.61. The molecule has 0 aliphatic rings. The predicted molar refractivity (Wildman–Crippen MR) is 91.1 cm³/mol. The summed E-state index contributed by atoms with van der Waals surface area (Å²) < 4.78 is 31.2. The van der Waals surface area contributed by atoms with Crippen molar-refractivity contribution in [3.8, 4) is 0 Å². The van der Waals surface area contributed by atoms with Gasteiger partial charge in [0.15, 0.2) is 10.7 Å². The van der Waals surface area contributed by atoms with Crippen LogP contribution in [0.4, 0.5) is 5.69 Å². The van der Waals surface area contributed by atoms with Gasteiger partial charge in [0.25, 0.3) is 15.7 Å². The monoisotopic (exact) mass is 400 g/mol. The first-order chi connectivity index (χ1) is 12.1. The maximum Gasteiger partial charge on any atom is 0.356 e. The lowest BCUT2D eigenvalue weighted by Gasteiger charge is -2.10. The molecule has 0 unspecified atom stereocenters. The molecule has 1 aromatic heterocycles. The minimum absolute atomic E-state index is 0.0310. The molecular formula is C15H13ClN2O7S. The van der Waals surface area contributed by atoms with E-state index in [0.29, 0.717) is 3.97 Å². The van der Waals surface area contributed by atoms with E-state index in [9.17, 15) is 28.1 Å². The Balaban J connectivity index is 2.78. The van der Waals surface area contributed by atoms with Crippen LogP contribution in [0.5, 0.6) is 0 Å². The van der Waals surface area contributed by atoms with E-state index >= 15 is 0 Å². The van der Waals surface area contributed by atoms with Crippen molar-refractivity contribution in [1.82, 2.24) is 3.97 Å². The summed E-state index contributed by atoms with van der Waals surface area (Å²) in [5, 5.41) is 11.1. The van der Waals surface area contributed by atoms with Crippen LogP contribution in [-0.2, 0) is 14.8 Å². The molecule has 138 valence electrons. The number of Topliss-reactive ketones (excluding diaryl/α,β-unsaturated/α-hetero) is 1. The Morgan fingerprint density at radius 3 is 2.50 bits per heavy atom. The Kier molecular flexibility index (Phi) is 5.47. The van der Waals surface area contributed by atoms with Crippen molar-refractivity contribution in [3.63, 3.8) is 0 Å². The standard InChI is InChI=1S/C15H13ClN2O7S/c1-3-25-15(20)13-6-10(9(2)19)8-17(13)26(23,24)14-7-11(16)4-5-12(14)18(21)22/h4-8H,3H2,1-2H3. The molecule has 26 heavy (non-hydrogen) atoms. The Hall–Kier alpha value is -2.72. The number of nitro groups is 1. The van der Waals surface area contributed by atoms with E-state index in [-0.39, 0.29) is 17.2 Å². The number of ketones is 1. The normalized spacial score (nSPS) is 11.2. The van der Waals surface area contributed by atoms with Gasteiger partial charge in [0.1, 0.15) is 5.69 Å². The second kappa shape index (κ2) is 7.26. The Bertz CT molecular complexity index is 1010. The molecule has 11 heteroatoms. The van der Waals surface area contributed by atoms with Crippen LogP contribution in [0.1, 0.15) is 34.7 Å². The van der Waals surface area contributed by atoms with E-state index in [1.54, 1.807) is 0 Å². The zero-order valence-electron chi connectivity index (χ0n) is 13.6. The van der Waals surface area contributed by atoms with Gasteiger partial charge in [0.05, 0.1) is 11.5 Å². The highest BCUT2D eigenvalue weighted by molar-refractivity contribution is 7.90. The van der Waals surface area contributed by atoms with Gasteiger partial charge in [-0.25, -0.2) is 17.2 Å². The van der Waals surface area contributed by atoms with E-state index < -0.39 is 43.0 Å². The number of aromatic nitrogens is 1. The lowest BCUT2D eigenvalue weighted by atomic mass is 10.2. The lowest BCUT2D eigenvalue weighted by molar-refractivity contribution is -0.387. The number of benzene rings is 1. The Labute approximate surface area is 153 Å². The van der Waals surface area contributed by atoms with Crippen LogP contribution < -0.4 is 0 Å². The second-order valence-corrected chi connectivity index (χ2v) is 7.28. The zero-order chi connectivity index (χ0) is 19.6. The molecule has 1 aromatic carbocycles. The maximum absolute atomic E-state index is 13.0. The van der Waals surface area contributed by atoms with Crippen molar-refractivity contribution in [3.05, 3.63) is 56.9 Å². The number of nitro benzene ring substituents is 1. The first kappa shape index (κ1) is 19.6. The summed E-state index contributed by atoms with van der Waals surface area (Å²) in [5.41, 5.74) is -1.24. The molecular weight excluding hydrogens is 388 g/mol. The molecule has 2 rings (SSSR count). The van der Waals surface area contributed by atoms with Crippen molar-refractivity contribution in [2.24, 2.45) is 0 Å². The number of hydrogen-bond acceptors (Lipinski definition) is 7. The van der Waals surface area contributed by atoms with Crippen molar-refractivity contribution >= 4 is 39.1 Å². The van der Waals surface area contributed by atoms with Crippen LogP contribution in [0.25, 0.3) is 0 Å². The van der Waals surface area contributed by atoms with Crippen LogP contribution in [0.2, 0.25) is 5.02 Å². The summed E-state index contributed by atoms with van der Waals surface area (Å²) >= 11 is 5.78. The number of nitrogens with zero attached hydrogens (tertiary/aromatic N) is 2. The highest BCUT2D eigenvalue weighted by Gasteiger charge is 2.32. The van der Waals surface area contributed by atoms with Gasteiger partial charge in [-0.3, -0.25) is 14.9 Å². The number of carbonyl (C=O) groups is 2. The summed E-state index contributed by atoms with van der Waals surface area (Å²) in [4.78, 5) is 33.3. The number of hydrogen-bond donors (Lipinski definition) is 0. The van der Waals surface area contributed by atoms with Gasteiger partial charge in [-0.2, -0.15) is 0 Å². The molecule has 0 radical (unpaired) electrons. The lowest BCUT2D eigenvalue weighted by Crippen LogP contribution is -2.20. The number of carbonyl (C=O) groups excluding carboxylic acids is 2.